The fourth-order valence-electron chi connectivity index (χ4n) is 4.06. The van der Waals surface area contributed by atoms with Crippen molar-refractivity contribution in [3.8, 4) is 0 Å². The number of anilines is 2. The summed E-state index contributed by atoms with van der Waals surface area (Å²) in [6, 6.07) is 12.0. The number of nitrogens with zero attached hydrogens (tertiary/aromatic N) is 2. The zero-order chi connectivity index (χ0) is 23.0. The number of rotatable bonds is 4. The van der Waals surface area contributed by atoms with Crippen LogP contribution in [0, 0.1) is 6.92 Å². The second kappa shape index (κ2) is 8.96. The van der Waals surface area contributed by atoms with Gasteiger partial charge in [-0.25, -0.2) is 4.90 Å². The molecule has 0 saturated carbocycles. The van der Waals surface area contributed by atoms with Crippen LogP contribution in [0.15, 0.2) is 53.2 Å². The summed E-state index contributed by atoms with van der Waals surface area (Å²) in [6.45, 7) is 4.61. The molecule has 1 saturated heterocycles. The van der Waals surface area contributed by atoms with Gasteiger partial charge in [-0.2, -0.15) is 0 Å². The molecule has 2 aromatic carbocycles. The maximum absolute atomic E-state index is 13.0. The maximum atomic E-state index is 13.0. The SMILES string of the molecule is Cc1ccc(Cl)cc1N1C(=O)C(Cl)=C(Nc2ccc(C(=O)N3CCCCC3C)cc2)C1=O. The van der Waals surface area contributed by atoms with Gasteiger partial charge >= 0.3 is 0 Å². The molecule has 8 heteroatoms. The van der Waals surface area contributed by atoms with Crippen molar-refractivity contribution >= 4 is 52.3 Å². The molecule has 0 spiro atoms. The van der Waals surface area contributed by atoms with Crippen molar-refractivity contribution in [2.45, 2.75) is 39.2 Å². The van der Waals surface area contributed by atoms with E-state index in [0.717, 1.165) is 36.3 Å². The van der Waals surface area contributed by atoms with Gasteiger partial charge in [0.05, 0.1) is 5.69 Å². The topological polar surface area (TPSA) is 69.7 Å². The first kappa shape index (κ1) is 22.4. The van der Waals surface area contributed by atoms with E-state index in [1.165, 1.54) is 0 Å². The Bertz CT molecular complexity index is 1130. The van der Waals surface area contributed by atoms with Gasteiger partial charge in [-0.05, 0) is 75.1 Å². The number of likely N-dealkylation sites (tertiary alicyclic amines) is 1. The largest absolute Gasteiger partial charge is 0.350 e. The van der Waals surface area contributed by atoms with Crippen molar-refractivity contribution in [2.24, 2.45) is 0 Å². The molecule has 0 aromatic heterocycles. The number of hydrogen-bond donors (Lipinski definition) is 1. The third-order valence-corrected chi connectivity index (χ3v) is 6.49. The average molecular weight is 472 g/mol. The zero-order valence-corrected chi connectivity index (χ0v) is 19.3. The Morgan fingerprint density at radius 2 is 1.75 bits per heavy atom. The molecular weight excluding hydrogens is 449 g/mol. The van der Waals surface area contributed by atoms with Gasteiger partial charge in [0.1, 0.15) is 10.7 Å². The van der Waals surface area contributed by atoms with Crippen LogP contribution in [0.5, 0.6) is 0 Å². The molecule has 32 heavy (non-hydrogen) atoms. The first-order valence-electron chi connectivity index (χ1n) is 10.5. The lowest BCUT2D eigenvalue weighted by Gasteiger charge is -2.33. The van der Waals surface area contributed by atoms with Crippen LogP contribution in [0.1, 0.15) is 42.1 Å². The van der Waals surface area contributed by atoms with Gasteiger partial charge < -0.3 is 10.2 Å². The van der Waals surface area contributed by atoms with Crippen molar-refractivity contribution in [3.63, 3.8) is 0 Å². The number of amides is 3. The molecule has 2 aromatic rings. The summed E-state index contributed by atoms with van der Waals surface area (Å²) in [6.07, 6.45) is 3.17. The summed E-state index contributed by atoms with van der Waals surface area (Å²) in [5, 5.41) is 3.15. The van der Waals surface area contributed by atoms with Crippen LogP contribution in [0.4, 0.5) is 11.4 Å². The summed E-state index contributed by atoms with van der Waals surface area (Å²) >= 11 is 12.3. The van der Waals surface area contributed by atoms with Gasteiger partial charge in [-0.3, -0.25) is 14.4 Å². The van der Waals surface area contributed by atoms with Gasteiger partial charge in [0.2, 0.25) is 0 Å². The third-order valence-electron chi connectivity index (χ3n) is 5.90. The minimum Gasteiger partial charge on any atom is -0.350 e. The smallest absolute Gasteiger partial charge is 0.283 e. The Hall–Kier alpha value is -2.83. The second-order valence-corrected chi connectivity index (χ2v) is 8.93. The van der Waals surface area contributed by atoms with Crippen LogP contribution in [0.25, 0.3) is 0 Å². The molecule has 0 bridgehead atoms. The number of carbonyl (C=O) groups is 3. The number of aryl methyl sites for hydroxylation is 1. The molecule has 1 fully saturated rings. The average Bonchev–Trinajstić information content (AvgIpc) is 2.99. The predicted molar refractivity (Wildman–Crippen MR) is 126 cm³/mol. The van der Waals surface area contributed by atoms with Crippen LogP contribution in [-0.4, -0.2) is 35.2 Å². The number of hydrogen-bond acceptors (Lipinski definition) is 4. The molecule has 2 aliphatic heterocycles. The molecule has 4 rings (SSSR count). The number of piperidine rings is 1. The van der Waals surface area contributed by atoms with Gasteiger partial charge in [0, 0.05) is 28.9 Å². The first-order chi connectivity index (χ1) is 15.3. The van der Waals surface area contributed by atoms with Crippen molar-refractivity contribution in [3.05, 3.63) is 69.3 Å². The number of carbonyl (C=O) groups excluding carboxylic acids is 3. The van der Waals surface area contributed by atoms with E-state index >= 15 is 0 Å². The standard InChI is InChI=1S/C24H23Cl2N3O3/c1-14-6-9-17(25)13-19(14)29-23(31)20(26)21(24(29)32)27-18-10-7-16(8-11-18)22(30)28-12-4-3-5-15(28)2/h6-11,13,15,27H,3-5,12H2,1-2H3. The van der Waals surface area contributed by atoms with E-state index in [1.54, 1.807) is 49.4 Å². The fraction of sp³-hybridized carbons (Fsp3) is 0.292. The molecule has 1 unspecified atom stereocenters. The van der Waals surface area contributed by atoms with E-state index in [9.17, 15) is 14.4 Å². The van der Waals surface area contributed by atoms with Crippen molar-refractivity contribution in [2.75, 3.05) is 16.8 Å². The molecule has 3 amide bonds. The Balaban J connectivity index is 1.52. The minimum absolute atomic E-state index is 0.00396. The minimum atomic E-state index is -0.615. The van der Waals surface area contributed by atoms with E-state index in [0.29, 0.717) is 22.0 Å². The van der Waals surface area contributed by atoms with Gasteiger partial charge in [-0.1, -0.05) is 29.3 Å². The summed E-state index contributed by atoms with van der Waals surface area (Å²) < 4.78 is 0. The highest BCUT2D eigenvalue weighted by Crippen LogP contribution is 2.33. The summed E-state index contributed by atoms with van der Waals surface area (Å²) in [5.41, 5.74) is 2.22. The zero-order valence-electron chi connectivity index (χ0n) is 17.8. The molecule has 166 valence electrons. The summed E-state index contributed by atoms with van der Waals surface area (Å²) in [7, 11) is 0. The molecule has 2 aliphatic rings. The third kappa shape index (κ3) is 4.12. The van der Waals surface area contributed by atoms with E-state index in [1.807, 2.05) is 4.90 Å². The molecule has 1 N–H and O–H groups in total. The van der Waals surface area contributed by atoms with Gasteiger partial charge in [-0.15, -0.1) is 0 Å². The lowest BCUT2D eigenvalue weighted by Crippen LogP contribution is -2.42. The highest BCUT2D eigenvalue weighted by atomic mass is 35.5. The predicted octanol–water partition coefficient (Wildman–Crippen LogP) is 5.10. The fourth-order valence-corrected chi connectivity index (χ4v) is 4.44. The van der Waals surface area contributed by atoms with E-state index < -0.39 is 11.8 Å². The quantitative estimate of drug-likeness (QED) is 0.629. The Morgan fingerprint density at radius 1 is 1.03 bits per heavy atom. The number of halogens is 2. The first-order valence-corrected chi connectivity index (χ1v) is 11.3. The lowest BCUT2D eigenvalue weighted by atomic mass is 10.0. The van der Waals surface area contributed by atoms with Crippen LogP contribution in [0.3, 0.4) is 0 Å². The normalized spacial score (nSPS) is 19.1. The monoisotopic (exact) mass is 471 g/mol. The lowest BCUT2D eigenvalue weighted by molar-refractivity contribution is -0.120. The van der Waals surface area contributed by atoms with E-state index in [2.05, 4.69) is 12.2 Å². The van der Waals surface area contributed by atoms with Gasteiger partial charge in [0.25, 0.3) is 17.7 Å². The number of nitrogens with one attached hydrogen (secondary N) is 1. The Kier molecular flexibility index (Phi) is 6.26. The molecule has 6 nitrogen and oxygen atoms in total. The highest BCUT2D eigenvalue weighted by molar-refractivity contribution is 6.53. The van der Waals surface area contributed by atoms with Crippen LogP contribution < -0.4 is 10.2 Å². The summed E-state index contributed by atoms with van der Waals surface area (Å²) in [4.78, 5) is 41.5. The van der Waals surface area contributed by atoms with Crippen molar-refractivity contribution in [1.29, 1.82) is 0 Å². The maximum Gasteiger partial charge on any atom is 0.283 e. The summed E-state index contributed by atoms with van der Waals surface area (Å²) in [5.74, 6) is -1.18. The Morgan fingerprint density at radius 3 is 2.44 bits per heavy atom. The second-order valence-electron chi connectivity index (χ2n) is 8.11. The molecule has 0 aliphatic carbocycles. The van der Waals surface area contributed by atoms with Crippen LogP contribution in [0.2, 0.25) is 5.02 Å². The number of benzene rings is 2. The van der Waals surface area contributed by atoms with Crippen LogP contribution in [-0.2, 0) is 9.59 Å². The van der Waals surface area contributed by atoms with E-state index in [-0.39, 0.29) is 22.7 Å². The molecule has 2 heterocycles. The highest BCUT2D eigenvalue weighted by Gasteiger charge is 2.39. The molecule has 1 atom stereocenters. The number of imide groups is 1. The molecule has 0 radical (unpaired) electrons. The molecular formula is C24H23Cl2N3O3. The van der Waals surface area contributed by atoms with Crippen molar-refractivity contribution < 1.29 is 14.4 Å². The van der Waals surface area contributed by atoms with E-state index in [4.69, 9.17) is 23.2 Å². The van der Waals surface area contributed by atoms with Crippen LogP contribution >= 0.6 is 23.2 Å². The Labute approximate surface area is 196 Å². The van der Waals surface area contributed by atoms with Crippen molar-refractivity contribution in [1.82, 2.24) is 4.90 Å². The van der Waals surface area contributed by atoms with Gasteiger partial charge in [0.15, 0.2) is 0 Å².